The van der Waals surface area contributed by atoms with Gasteiger partial charge in [0.2, 0.25) is 0 Å². The maximum atomic E-state index is 12.1. The fourth-order valence-corrected chi connectivity index (χ4v) is 2.08. The fourth-order valence-electron chi connectivity index (χ4n) is 2.08. The number of hydrogen-bond donors (Lipinski definition) is 0. The van der Waals surface area contributed by atoms with Gasteiger partial charge in [0.1, 0.15) is 5.75 Å². The van der Waals surface area contributed by atoms with Crippen molar-refractivity contribution in [2.24, 2.45) is 0 Å². The minimum atomic E-state index is -0.322. The summed E-state index contributed by atoms with van der Waals surface area (Å²) < 4.78 is 5.39. The number of carbonyl (C=O) groups is 1. The first-order valence-corrected chi connectivity index (χ1v) is 7.80. The zero-order valence-corrected chi connectivity index (χ0v) is 13.2. The number of benzene rings is 2. The van der Waals surface area contributed by atoms with Gasteiger partial charge in [-0.05, 0) is 48.2 Å². The molecule has 0 radical (unpaired) electrons. The largest absolute Gasteiger partial charge is 0.423 e. The highest BCUT2D eigenvalue weighted by molar-refractivity contribution is 5.91. The summed E-state index contributed by atoms with van der Waals surface area (Å²) in [5.41, 5.74) is 2.89. The zero-order chi connectivity index (χ0) is 15.8. The van der Waals surface area contributed by atoms with Gasteiger partial charge in [0.25, 0.3) is 0 Å². The van der Waals surface area contributed by atoms with Crippen molar-refractivity contribution in [2.75, 3.05) is 0 Å². The van der Waals surface area contributed by atoms with Gasteiger partial charge in [0.15, 0.2) is 0 Å². The molecule has 0 aliphatic heterocycles. The smallest absolute Gasteiger partial charge is 0.343 e. The summed E-state index contributed by atoms with van der Waals surface area (Å²) in [4.78, 5) is 12.1. The van der Waals surface area contributed by atoms with E-state index < -0.39 is 0 Å². The second-order valence-electron chi connectivity index (χ2n) is 5.20. The van der Waals surface area contributed by atoms with Gasteiger partial charge in [-0.1, -0.05) is 56.7 Å². The molecule has 0 saturated heterocycles. The van der Waals surface area contributed by atoms with Crippen LogP contribution >= 0.6 is 0 Å². The molecule has 0 amide bonds. The fraction of sp³-hybridized carbons (Fsp3) is 0.250. The first-order valence-electron chi connectivity index (χ1n) is 7.80. The SMILES string of the molecule is CCC/C=C/c1ccc(OC(=O)c2ccc(CC)cc2)cc1. The van der Waals surface area contributed by atoms with Crippen LogP contribution < -0.4 is 4.74 Å². The van der Waals surface area contributed by atoms with Crippen molar-refractivity contribution in [3.63, 3.8) is 0 Å². The number of unbranched alkanes of at least 4 members (excludes halogenated alkanes) is 1. The van der Waals surface area contributed by atoms with Gasteiger partial charge >= 0.3 is 5.97 Å². The van der Waals surface area contributed by atoms with Crippen LogP contribution in [0.25, 0.3) is 6.08 Å². The molecule has 0 N–H and O–H groups in total. The number of carbonyl (C=O) groups excluding carboxylic acids is 1. The molecule has 2 rings (SSSR count). The van der Waals surface area contributed by atoms with E-state index in [1.54, 1.807) is 0 Å². The molecule has 0 fully saturated rings. The van der Waals surface area contributed by atoms with Crippen molar-refractivity contribution < 1.29 is 9.53 Å². The van der Waals surface area contributed by atoms with Crippen molar-refractivity contribution in [3.05, 3.63) is 71.3 Å². The zero-order valence-electron chi connectivity index (χ0n) is 13.2. The van der Waals surface area contributed by atoms with Crippen LogP contribution in [0.15, 0.2) is 54.6 Å². The predicted molar refractivity (Wildman–Crippen MR) is 91.2 cm³/mol. The molecule has 0 bridgehead atoms. The van der Waals surface area contributed by atoms with E-state index in [-0.39, 0.29) is 5.97 Å². The summed E-state index contributed by atoms with van der Waals surface area (Å²) in [7, 11) is 0. The van der Waals surface area contributed by atoms with Crippen molar-refractivity contribution in [1.29, 1.82) is 0 Å². The van der Waals surface area contributed by atoms with Crippen LogP contribution in [-0.4, -0.2) is 5.97 Å². The standard InChI is InChI=1S/C20H22O2/c1-3-5-6-7-17-10-14-19(15-11-17)22-20(21)18-12-8-16(4-2)9-13-18/h6-15H,3-5H2,1-2H3/b7-6+. The molecule has 2 aromatic rings. The van der Waals surface area contributed by atoms with Crippen LogP contribution in [0.2, 0.25) is 0 Å². The Morgan fingerprint density at radius 1 is 1.00 bits per heavy atom. The van der Waals surface area contributed by atoms with E-state index in [4.69, 9.17) is 4.74 Å². The van der Waals surface area contributed by atoms with Crippen LogP contribution in [-0.2, 0) is 6.42 Å². The molecule has 0 aromatic heterocycles. The van der Waals surface area contributed by atoms with E-state index in [9.17, 15) is 4.79 Å². The quantitative estimate of drug-likeness (QED) is 0.535. The molecule has 2 nitrogen and oxygen atoms in total. The van der Waals surface area contributed by atoms with Crippen molar-refractivity contribution >= 4 is 12.0 Å². The molecule has 22 heavy (non-hydrogen) atoms. The van der Waals surface area contributed by atoms with Crippen molar-refractivity contribution in [1.82, 2.24) is 0 Å². The predicted octanol–water partition coefficient (Wildman–Crippen LogP) is 5.28. The monoisotopic (exact) mass is 294 g/mol. The Morgan fingerprint density at radius 2 is 1.68 bits per heavy atom. The maximum absolute atomic E-state index is 12.1. The lowest BCUT2D eigenvalue weighted by Crippen LogP contribution is -2.08. The highest BCUT2D eigenvalue weighted by Crippen LogP contribution is 2.16. The number of esters is 1. The molecule has 0 heterocycles. The third-order valence-electron chi connectivity index (χ3n) is 3.45. The second kappa shape index (κ2) is 8.18. The topological polar surface area (TPSA) is 26.3 Å². The van der Waals surface area contributed by atoms with E-state index in [0.29, 0.717) is 11.3 Å². The van der Waals surface area contributed by atoms with Crippen molar-refractivity contribution in [2.45, 2.75) is 33.1 Å². The van der Waals surface area contributed by atoms with Crippen LogP contribution in [0, 0.1) is 0 Å². The van der Waals surface area contributed by atoms with Gasteiger partial charge in [-0.3, -0.25) is 0 Å². The van der Waals surface area contributed by atoms with E-state index in [2.05, 4.69) is 26.0 Å². The Bertz CT molecular complexity index is 622. The summed E-state index contributed by atoms with van der Waals surface area (Å²) in [5.74, 6) is 0.245. The van der Waals surface area contributed by atoms with Gasteiger partial charge in [-0.2, -0.15) is 0 Å². The molecule has 0 spiro atoms. The summed E-state index contributed by atoms with van der Waals surface area (Å²) >= 11 is 0. The Hall–Kier alpha value is -2.35. The van der Waals surface area contributed by atoms with Crippen LogP contribution in [0.4, 0.5) is 0 Å². The molecule has 0 aliphatic rings. The van der Waals surface area contributed by atoms with Gasteiger partial charge < -0.3 is 4.74 Å². The lowest BCUT2D eigenvalue weighted by molar-refractivity contribution is 0.0735. The molecule has 0 aliphatic carbocycles. The lowest BCUT2D eigenvalue weighted by atomic mass is 10.1. The van der Waals surface area contributed by atoms with Crippen LogP contribution in [0.3, 0.4) is 0 Å². The van der Waals surface area contributed by atoms with Gasteiger partial charge in [0, 0.05) is 0 Å². The molecule has 114 valence electrons. The highest BCUT2D eigenvalue weighted by atomic mass is 16.5. The van der Waals surface area contributed by atoms with E-state index in [1.807, 2.05) is 48.5 Å². The Kier molecular flexibility index (Phi) is 5.96. The average molecular weight is 294 g/mol. The number of hydrogen-bond acceptors (Lipinski definition) is 2. The number of rotatable bonds is 6. The van der Waals surface area contributed by atoms with Gasteiger partial charge in [-0.25, -0.2) is 4.79 Å². The third-order valence-corrected chi connectivity index (χ3v) is 3.45. The Morgan fingerprint density at radius 3 is 2.27 bits per heavy atom. The van der Waals surface area contributed by atoms with Crippen LogP contribution in [0.5, 0.6) is 5.75 Å². The molecular weight excluding hydrogens is 272 g/mol. The summed E-state index contributed by atoms with van der Waals surface area (Å²) in [6, 6.07) is 15.1. The molecule has 2 aromatic carbocycles. The maximum Gasteiger partial charge on any atom is 0.343 e. The summed E-state index contributed by atoms with van der Waals surface area (Å²) in [6.45, 7) is 4.24. The molecule has 0 atom stereocenters. The van der Waals surface area contributed by atoms with Crippen LogP contribution in [0.1, 0.15) is 48.2 Å². The molecule has 0 unspecified atom stereocenters. The Balaban J connectivity index is 1.98. The average Bonchev–Trinajstić information content (AvgIpc) is 2.57. The molecular formula is C20H22O2. The normalized spacial score (nSPS) is 10.8. The summed E-state index contributed by atoms with van der Waals surface area (Å²) in [5, 5.41) is 0. The third kappa shape index (κ3) is 4.59. The minimum Gasteiger partial charge on any atom is -0.423 e. The summed E-state index contributed by atoms with van der Waals surface area (Å²) in [6.07, 6.45) is 7.41. The molecule has 2 heteroatoms. The van der Waals surface area contributed by atoms with E-state index in [1.165, 1.54) is 5.56 Å². The first-order chi connectivity index (χ1) is 10.7. The van der Waals surface area contributed by atoms with Gasteiger partial charge in [0.05, 0.1) is 5.56 Å². The Labute approximate surface area is 132 Å². The highest BCUT2D eigenvalue weighted by Gasteiger charge is 2.08. The number of aryl methyl sites for hydroxylation is 1. The minimum absolute atomic E-state index is 0.322. The van der Waals surface area contributed by atoms with Gasteiger partial charge in [-0.15, -0.1) is 0 Å². The first kappa shape index (κ1) is 16.0. The number of allylic oxidation sites excluding steroid dienone is 1. The van der Waals surface area contributed by atoms with E-state index >= 15 is 0 Å². The molecule has 0 saturated carbocycles. The lowest BCUT2D eigenvalue weighted by Gasteiger charge is -2.05. The van der Waals surface area contributed by atoms with E-state index in [0.717, 1.165) is 24.8 Å². The number of ether oxygens (including phenoxy) is 1. The van der Waals surface area contributed by atoms with Crippen molar-refractivity contribution in [3.8, 4) is 5.75 Å². The second-order valence-corrected chi connectivity index (χ2v) is 5.20.